The molecule has 1 aromatic carbocycles. The molecule has 1 amide bonds. The van der Waals surface area contributed by atoms with Crippen LogP contribution in [0.2, 0.25) is 0 Å². The van der Waals surface area contributed by atoms with E-state index in [1.807, 2.05) is 19.1 Å². The van der Waals surface area contributed by atoms with Crippen LogP contribution < -0.4 is 11.1 Å². The molecular formula is C16H22F2N2O2S. The molecule has 0 saturated carbocycles. The Hall–Kier alpha value is -1.18. The molecular weight excluding hydrogens is 322 g/mol. The molecule has 1 fully saturated rings. The molecule has 1 aromatic rings. The SMILES string of the molecule is CC(NCC1(C(N)=O)CCOCC1)c1ccc(SC(F)F)cc1. The Kier molecular flexibility index (Phi) is 6.38. The van der Waals surface area contributed by atoms with Gasteiger partial charge in [0.15, 0.2) is 0 Å². The van der Waals surface area contributed by atoms with Crippen molar-refractivity contribution in [2.75, 3.05) is 19.8 Å². The average molecular weight is 344 g/mol. The summed E-state index contributed by atoms with van der Waals surface area (Å²) in [6.07, 6.45) is 1.23. The fraction of sp³-hybridized carbons (Fsp3) is 0.562. The molecule has 0 radical (unpaired) electrons. The van der Waals surface area contributed by atoms with Crippen molar-refractivity contribution in [1.29, 1.82) is 0 Å². The second kappa shape index (κ2) is 8.08. The molecule has 1 heterocycles. The summed E-state index contributed by atoms with van der Waals surface area (Å²) < 4.78 is 30.0. The zero-order valence-electron chi connectivity index (χ0n) is 13.1. The maximum atomic E-state index is 12.3. The topological polar surface area (TPSA) is 64.3 Å². The van der Waals surface area contributed by atoms with Crippen LogP contribution in [0.5, 0.6) is 0 Å². The number of carbonyl (C=O) groups excluding carboxylic acids is 1. The molecule has 0 bridgehead atoms. The lowest BCUT2D eigenvalue weighted by molar-refractivity contribution is -0.133. The van der Waals surface area contributed by atoms with Crippen molar-refractivity contribution in [2.45, 2.75) is 36.5 Å². The van der Waals surface area contributed by atoms with Gasteiger partial charge in [0.25, 0.3) is 5.76 Å². The van der Waals surface area contributed by atoms with Gasteiger partial charge in [0.2, 0.25) is 5.91 Å². The van der Waals surface area contributed by atoms with Crippen LogP contribution in [0, 0.1) is 5.41 Å². The molecule has 2 rings (SSSR count). The minimum Gasteiger partial charge on any atom is -0.381 e. The smallest absolute Gasteiger partial charge is 0.288 e. The van der Waals surface area contributed by atoms with Gasteiger partial charge < -0.3 is 15.8 Å². The van der Waals surface area contributed by atoms with E-state index in [1.165, 1.54) is 0 Å². The highest BCUT2D eigenvalue weighted by atomic mass is 32.2. The van der Waals surface area contributed by atoms with Gasteiger partial charge in [0, 0.05) is 30.7 Å². The summed E-state index contributed by atoms with van der Waals surface area (Å²) in [6, 6.07) is 7.01. The van der Waals surface area contributed by atoms with Gasteiger partial charge in [-0.25, -0.2) is 0 Å². The second-order valence-electron chi connectivity index (χ2n) is 5.81. The Labute approximate surface area is 139 Å². The van der Waals surface area contributed by atoms with Crippen LogP contribution in [0.4, 0.5) is 8.78 Å². The molecule has 1 saturated heterocycles. The van der Waals surface area contributed by atoms with Crippen LogP contribution in [0.3, 0.4) is 0 Å². The van der Waals surface area contributed by atoms with Crippen molar-refractivity contribution in [3.05, 3.63) is 29.8 Å². The molecule has 128 valence electrons. The van der Waals surface area contributed by atoms with Gasteiger partial charge in [0.05, 0.1) is 5.41 Å². The monoisotopic (exact) mass is 344 g/mol. The first-order valence-corrected chi connectivity index (χ1v) is 8.47. The molecule has 0 spiro atoms. The van der Waals surface area contributed by atoms with Gasteiger partial charge in [-0.3, -0.25) is 4.79 Å². The highest BCUT2D eigenvalue weighted by molar-refractivity contribution is 7.99. The molecule has 1 aliphatic heterocycles. The number of alkyl halides is 2. The number of rotatable bonds is 7. The van der Waals surface area contributed by atoms with Gasteiger partial charge in [0.1, 0.15) is 0 Å². The molecule has 1 atom stereocenters. The summed E-state index contributed by atoms with van der Waals surface area (Å²) in [6.45, 7) is 3.54. The van der Waals surface area contributed by atoms with E-state index in [2.05, 4.69) is 5.32 Å². The normalized spacial score (nSPS) is 18.8. The molecule has 7 heteroatoms. The fourth-order valence-corrected chi connectivity index (χ4v) is 3.18. The highest BCUT2D eigenvalue weighted by Crippen LogP contribution is 2.31. The minimum atomic E-state index is -2.42. The quantitative estimate of drug-likeness (QED) is 0.747. The number of hydrogen-bond acceptors (Lipinski definition) is 4. The van der Waals surface area contributed by atoms with Crippen molar-refractivity contribution < 1.29 is 18.3 Å². The van der Waals surface area contributed by atoms with E-state index >= 15 is 0 Å². The Morgan fingerprint density at radius 2 is 1.96 bits per heavy atom. The summed E-state index contributed by atoms with van der Waals surface area (Å²) >= 11 is 0.529. The fourth-order valence-electron chi connectivity index (χ4n) is 2.68. The minimum absolute atomic E-state index is 0.000306. The first-order valence-electron chi connectivity index (χ1n) is 7.59. The maximum absolute atomic E-state index is 12.3. The van der Waals surface area contributed by atoms with Gasteiger partial charge in [-0.1, -0.05) is 23.9 Å². The molecule has 1 unspecified atom stereocenters. The zero-order chi connectivity index (χ0) is 16.9. The van der Waals surface area contributed by atoms with E-state index < -0.39 is 11.2 Å². The Balaban J connectivity index is 1.95. The van der Waals surface area contributed by atoms with Crippen LogP contribution in [0.25, 0.3) is 0 Å². The van der Waals surface area contributed by atoms with Crippen LogP contribution in [0.1, 0.15) is 31.4 Å². The number of ether oxygens (including phenoxy) is 1. The molecule has 0 aliphatic carbocycles. The molecule has 4 nitrogen and oxygen atoms in total. The Bertz CT molecular complexity index is 519. The molecule has 0 aromatic heterocycles. The van der Waals surface area contributed by atoms with Crippen LogP contribution in [0.15, 0.2) is 29.2 Å². The Morgan fingerprint density at radius 1 is 1.35 bits per heavy atom. The number of nitrogens with two attached hydrogens (primary N) is 1. The number of nitrogens with one attached hydrogen (secondary N) is 1. The third-order valence-electron chi connectivity index (χ3n) is 4.32. The number of thioether (sulfide) groups is 1. The summed E-state index contributed by atoms with van der Waals surface area (Å²) in [7, 11) is 0. The van der Waals surface area contributed by atoms with E-state index in [0.717, 1.165) is 5.56 Å². The van der Waals surface area contributed by atoms with E-state index in [-0.39, 0.29) is 11.9 Å². The van der Waals surface area contributed by atoms with Crippen LogP contribution in [-0.4, -0.2) is 31.4 Å². The van der Waals surface area contributed by atoms with E-state index in [0.29, 0.717) is 49.3 Å². The third kappa shape index (κ3) is 4.89. The molecule has 1 aliphatic rings. The number of carbonyl (C=O) groups is 1. The lowest BCUT2D eigenvalue weighted by Gasteiger charge is -2.35. The number of amides is 1. The molecule has 3 N–H and O–H groups in total. The van der Waals surface area contributed by atoms with Crippen molar-refractivity contribution in [3.63, 3.8) is 0 Å². The van der Waals surface area contributed by atoms with Gasteiger partial charge in [-0.15, -0.1) is 0 Å². The summed E-state index contributed by atoms with van der Waals surface area (Å²) in [5.74, 6) is -2.72. The van der Waals surface area contributed by atoms with E-state index in [9.17, 15) is 13.6 Å². The number of benzene rings is 1. The van der Waals surface area contributed by atoms with Crippen molar-refractivity contribution in [2.24, 2.45) is 11.1 Å². The summed E-state index contributed by atoms with van der Waals surface area (Å²) in [5, 5.41) is 3.34. The predicted octanol–water partition coefficient (Wildman–Crippen LogP) is 2.93. The first-order chi connectivity index (χ1) is 10.9. The maximum Gasteiger partial charge on any atom is 0.288 e. The number of halogens is 2. The standard InChI is InChI=1S/C16H22F2N2O2S/c1-11(12-2-4-13(5-3-12)23-15(17)18)20-10-16(14(19)21)6-8-22-9-7-16/h2-5,11,15,20H,6-10H2,1H3,(H2,19,21). The largest absolute Gasteiger partial charge is 0.381 e. The second-order valence-corrected chi connectivity index (χ2v) is 6.87. The third-order valence-corrected chi connectivity index (χ3v) is 5.05. The Morgan fingerprint density at radius 3 is 2.48 bits per heavy atom. The number of hydrogen-bond donors (Lipinski definition) is 2. The van der Waals surface area contributed by atoms with Crippen molar-refractivity contribution >= 4 is 17.7 Å². The lowest BCUT2D eigenvalue weighted by atomic mass is 9.79. The lowest BCUT2D eigenvalue weighted by Crippen LogP contribution is -2.48. The van der Waals surface area contributed by atoms with Crippen LogP contribution in [-0.2, 0) is 9.53 Å². The van der Waals surface area contributed by atoms with Gasteiger partial charge in [-0.2, -0.15) is 8.78 Å². The van der Waals surface area contributed by atoms with Gasteiger partial charge in [-0.05, 0) is 37.5 Å². The summed E-state index contributed by atoms with van der Waals surface area (Å²) in [4.78, 5) is 12.4. The van der Waals surface area contributed by atoms with Crippen molar-refractivity contribution in [1.82, 2.24) is 5.32 Å². The summed E-state index contributed by atoms with van der Waals surface area (Å²) in [5.41, 5.74) is 6.00. The van der Waals surface area contributed by atoms with Gasteiger partial charge >= 0.3 is 0 Å². The predicted molar refractivity (Wildman–Crippen MR) is 86.4 cm³/mol. The van der Waals surface area contributed by atoms with Crippen LogP contribution >= 0.6 is 11.8 Å². The highest BCUT2D eigenvalue weighted by Gasteiger charge is 2.38. The number of primary amides is 1. The first kappa shape index (κ1) is 18.2. The average Bonchev–Trinajstić information content (AvgIpc) is 2.53. The van der Waals surface area contributed by atoms with Crippen molar-refractivity contribution in [3.8, 4) is 0 Å². The zero-order valence-corrected chi connectivity index (χ0v) is 13.9. The molecule has 23 heavy (non-hydrogen) atoms. The van der Waals surface area contributed by atoms with E-state index in [1.54, 1.807) is 12.1 Å². The van der Waals surface area contributed by atoms with E-state index in [4.69, 9.17) is 10.5 Å².